The first-order chi connectivity index (χ1) is 13.7. The fraction of sp³-hybridized carbons (Fsp3) is 0.381. The van der Waals surface area contributed by atoms with E-state index in [9.17, 15) is 13.2 Å². The molecule has 0 unspecified atom stereocenters. The van der Waals surface area contributed by atoms with Crippen LogP contribution in [0.1, 0.15) is 11.1 Å². The first-order valence-corrected chi connectivity index (χ1v) is 11.7. The molecule has 1 amide bonds. The summed E-state index contributed by atoms with van der Waals surface area (Å²) in [4.78, 5) is 16.8. The molecule has 1 aliphatic rings. The maximum absolute atomic E-state index is 12.8. The van der Waals surface area contributed by atoms with Crippen LogP contribution in [0.4, 0.5) is 11.4 Å². The molecule has 156 valence electrons. The van der Waals surface area contributed by atoms with Crippen molar-refractivity contribution in [2.24, 2.45) is 0 Å². The van der Waals surface area contributed by atoms with E-state index in [1.54, 1.807) is 29.2 Å². The molecule has 0 bridgehead atoms. The highest BCUT2D eigenvalue weighted by molar-refractivity contribution is 7.92. The zero-order valence-corrected chi connectivity index (χ0v) is 18.5. The summed E-state index contributed by atoms with van der Waals surface area (Å²) in [5.41, 5.74) is 4.07. The number of carbonyl (C=O) groups is 1. The van der Waals surface area contributed by atoms with Gasteiger partial charge in [0.1, 0.15) is 6.54 Å². The summed E-state index contributed by atoms with van der Waals surface area (Å²) in [6, 6.07) is 12.8. The Morgan fingerprint density at radius 2 is 1.72 bits per heavy atom. The number of nitrogens with zero attached hydrogens (tertiary/aromatic N) is 3. The zero-order valence-electron chi connectivity index (χ0n) is 16.9. The third kappa shape index (κ3) is 5.03. The number of hydrogen-bond donors (Lipinski definition) is 0. The van der Waals surface area contributed by atoms with Gasteiger partial charge in [0.05, 0.1) is 11.9 Å². The lowest BCUT2D eigenvalue weighted by Crippen LogP contribution is -2.52. The maximum Gasteiger partial charge on any atom is 0.243 e. The standard InChI is InChI=1S/C21H26ClN3O3S/c1-16-6-4-9-20(17(16)2)23-10-12-24(13-11-23)21(26)15-25(29(3,27)28)19-8-5-7-18(22)14-19/h4-9,14H,10-13,15H2,1-3H3. The summed E-state index contributed by atoms with van der Waals surface area (Å²) < 4.78 is 25.7. The topological polar surface area (TPSA) is 60.9 Å². The average molecular weight is 436 g/mol. The molecule has 6 nitrogen and oxygen atoms in total. The van der Waals surface area contributed by atoms with E-state index < -0.39 is 10.0 Å². The summed E-state index contributed by atoms with van der Waals surface area (Å²) in [7, 11) is -3.62. The molecule has 0 aliphatic carbocycles. The molecular formula is C21H26ClN3O3S. The Labute approximate surface area is 177 Å². The van der Waals surface area contributed by atoms with E-state index in [2.05, 4.69) is 30.9 Å². The Hall–Kier alpha value is -2.25. The average Bonchev–Trinajstić information content (AvgIpc) is 2.67. The molecule has 2 aromatic rings. The molecule has 29 heavy (non-hydrogen) atoms. The van der Waals surface area contributed by atoms with Crippen LogP contribution in [0.2, 0.25) is 5.02 Å². The van der Waals surface area contributed by atoms with E-state index >= 15 is 0 Å². The van der Waals surface area contributed by atoms with E-state index in [1.807, 2.05) is 6.07 Å². The zero-order chi connectivity index (χ0) is 21.2. The highest BCUT2D eigenvalue weighted by Gasteiger charge is 2.27. The quantitative estimate of drug-likeness (QED) is 0.724. The lowest BCUT2D eigenvalue weighted by Gasteiger charge is -2.37. The van der Waals surface area contributed by atoms with Crippen LogP contribution in [0.25, 0.3) is 0 Å². The molecule has 1 aliphatic heterocycles. The second-order valence-electron chi connectivity index (χ2n) is 7.34. The second kappa shape index (κ2) is 8.63. The van der Waals surface area contributed by atoms with Gasteiger partial charge in [0.25, 0.3) is 0 Å². The Morgan fingerprint density at radius 1 is 1.07 bits per heavy atom. The van der Waals surface area contributed by atoms with E-state index in [0.717, 1.165) is 10.6 Å². The minimum atomic E-state index is -3.62. The van der Waals surface area contributed by atoms with Gasteiger partial charge in [-0.1, -0.05) is 29.8 Å². The number of anilines is 2. The van der Waals surface area contributed by atoms with Gasteiger partial charge in [-0.3, -0.25) is 9.10 Å². The Morgan fingerprint density at radius 3 is 2.34 bits per heavy atom. The molecule has 0 saturated carbocycles. The summed E-state index contributed by atoms with van der Waals surface area (Å²) in [5, 5.41) is 0.422. The monoisotopic (exact) mass is 435 g/mol. The fourth-order valence-electron chi connectivity index (χ4n) is 3.53. The predicted molar refractivity (Wildman–Crippen MR) is 118 cm³/mol. The van der Waals surface area contributed by atoms with Crippen LogP contribution in [0, 0.1) is 13.8 Å². The molecule has 2 aromatic carbocycles. The van der Waals surface area contributed by atoms with Crippen LogP contribution >= 0.6 is 11.6 Å². The van der Waals surface area contributed by atoms with E-state index in [0.29, 0.717) is 36.9 Å². The molecule has 1 fully saturated rings. The highest BCUT2D eigenvalue weighted by Crippen LogP contribution is 2.25. The summed E-state index contributed by atoms with van der Waals surface area (Å²) >= 11 is 6.00. The Kier molecular flexibility index (Phi) is 6.39. The molecule has 1 saturated heterocycles. The number of benzene rings is 2. The minimum absolute atomic E-state index is 0.212. The number of piperazine rings is 1. The van der Waals surface area contributed by atoms with E-state index in [1.165, 1.54) is 16.8 Å². The van der Waals surface area contributed by atoms with E-state index in [4.69, 9.17) is 11.6 Å². The maximum atomic E-state index is 12.8. The van der Waals surface area contributed by atoms with Gasteiger partial charge in [0.15, 0.2) is 0 Å². The Bertz CT molecular complexity index is 1000. The third-order valence-electron chi connectivity index (χ3n) is 5.32. The van der Waals surface area contributed by atoms with Gasteiger partial charge in [-0.05, 0) is 49.2 Å². The normalized spacial score (nSPS) is 14.8. The van der Waals surface area contributed by atoms with Crippen molar-refractivity contribution in [3.63, 3.8) is 0 Å². The van der Waals surface area contributed by atoms with Crippen LogP contribution in [0.5, 0.6) is 0 Å². The molecule has 0 aromatic heterocycles. The van der Waals surface area contributed by atoms with Gasteiger partial charge in [-0.2, -0.15) is 0 Å². The smallest absolute Gasteiger partial charge is 0.243 e. The summed E-state index contributed by atoms with van der Waals surface area (Å²) in [5.74, 6) is -0.212. The Balaban J connectivity index is 1.69. The van der Waals surface area contributed by atoms with Crippen LogP contribution < -0.4 is 9.21 Å². The number of rotatable bonds is 5. The number of aryl methyl sites for hydroxylation is 1. The lowest BCUT2D eigenvalue weighted by molar-refractivity contribution is -0.129. The minimum Gasteiger partial charge on any atom is -0.368 e. The number of amides is 1. The van der Waals surface area contributed by atoms with Gasteiger partial charge in [0.2, 0.25) is 15.9 Å². The summed E-state index contributed by atoms with van der Waals surface area (Å²) in [6.07, 6.45) is 1.10. The third-order valence-corrected chi connectivity index (χ3v) is 6.70. The number of hydrogen-bond acceptors (Lipinski definition) is 4. The van der Waals surface area contributed by atoms with Gasteiger partial charge in [0, 0.05) is 36.9 Å². The van der Waals surface area contributed by atoms with Gasteiger partial charge >= 0.3 is 0 Å². The second-order valence-corrected chi connectivity index (χ2v) is 9.68. The molecule has 0 atom stereocenters. The molecular weight excluding hydrogens is 410 g/mol. The lowest BCUT2D eigenvalue weighted by atomic mass is 10.1. The number of halogens is 1. The van der Waals surface area contributed by atoms with E-state index in [-0.39, 0.29) is 12.5 Å². The molecule has 8 heteroatoms. The fourth-order valence-corrected chi connectivity index (χ4v) is 4.56. The van der Waals surface area contributed by atoms with Gasteiger partial charge < -0.3 is 9.80 Å². The van der Waals surface area contributed by atoms with Crippen molar-refractivity contribution in [1.82, 2.24) is 4.90 Å². The first kappa shape index (κ1) is 21.5. The largest absolute Gasteiger partial charge is 0.368 e. The van der Waals surface area contributed by atoms with Crippen molar-refractivity contribution >= 4 is 38.9 Å². The van der Waals surface area contributed by atoms with Crippen molar-refractivity contribution in [3.8, 4) is 0 Å². The molecule has 3 rings (SSSR count). The molecule has 0 radical (unpaired) electrons. The number of sulfonamides is 1. The van der Waals surface area contributed by atoms with Crippen molar-refractivity contribution in [1.29, 1.82) is 0 Å². The van der Waals surface area contributed by atoms with Crippen molar-refractivity contribution in [2.45, 2.75) is 13.8 Å². The van der Waals surface area contributed by atoms with Crippen LogP contribution in [-0.2, 0) is 14.8 Å². The van der Waals surface area contributed by atoms with Crippen molar-refractivity contribution in [3.05, 3.63) is 58.6 Å². The predicted octanol–water partition coefficient (Wildman–Crippen LogP) is 3.07. The number of carbonyl (C=O) groups excluding carboxylic acids is 1. The van der Waals surface area contributed by atoms with Crippen molar-refractivity contribution in [2.75, 3.05) is 48.2 Å². The van der Waals surface area contributed by atoms with Crippen LogP contribution in [0.3, 0.4) is 0 Å². The molecule has 1 heterocycles. The van der Waals surface area contributed by atoms with Gasteiger partial charge in [-0.25, -0.2) is 8.42 Å². The highest BCUT2D eigenvalue weighted by atomic mass is 35.5. The molecule has 0 spiro atoms. The summed E-state index contributed by atoms with van der Waals surface area (Å²) in [6.45, 7) is 6.50. The van der Waals surface area contributed by atoms with Crippen LogP contribution in [-0.4, -0.2) is 58.2 Å². The SMILES string of the molecule is Cc1cccc(N2CCN(C(=O)CN(c3cccc(Cl)c3)S(C)(=O)=O)CC2)c1C. The van der Waals surface area contributed by atoms with Gasteiger partial charge in [-0.15, -0.1) is 0 Å². The first-order valence-electron chi connectivity index (χ1n) is 9.49. The van der Waals surface area contributed by atoms with Crippen molar-refractivity contribution < 1.29 is 13.2 Å². The van der Waals surface area contributed by atoms with Crippen LogP contribution in [0.15, 0.2) is 42.5 Å². The molecule has 0 N–H and O–H groups in total.